The summed E-state index contributed by atoms with van der Waals surface area (Å²) in [4.78, 5) is 12.4. The minimum Gasteiger partial charge on any atom is -0.489 e. The van der Waals surface area contributed by atoms with E-state index in [0.29, 0.717) is 18.0 Å². The standard InChI is InChI=1S/C20H22BrNO3/c1-5-9-24-18-8-6-7-17(12-18)22-20(23)15(4)25-19-13(2)10-16(21)11-14(19)3/h5-8,10-12,15H,1,9H2,2-4H3,(H,22,23). The van der Waals surface area contributed by atoms with Crippen LogP contribution in [0.25, 0.3) is 0 Å². The molecule has 2 aromatic carbocycles. The second-order valence-corrected chi connectivity index (χ2v) is 6.66. The highest BCUT2D eigenvalue weighted by Crippen LogP contribution is 2.28. The topological polar surface area (TPSA) is 47.6 Å². The molecule has 0 aliphatic rings. The number of rotatable bonds is 7. The molecule has 5 heteroatoms. The second-order valence-electron chi connectivity index (χ2n) is 5.75. The molecule has 2 aromatic rings. The molecule has 0 saturated heterocycles. The van der Waals surface area contributed by atoms with Crippen molar-refractivity contribution < 1.29 is 14.3 Å². The SMILES string of the molecule is C=CCOc1cccc(NC(=O)C(C)Oc2c(C)cc(Br)cc2C)c1. The number of carbonyl (C=O) groups excluding carboxylic acids is 1. The van der Waals surface area contributed by atoms with Crippen molar-refractivity contribution in [2.75, 3.05) is 11.9 Å². The predicted octanol–water partition coefficient (Wildman–Crippen LogP) is 5.04. The van der Waals surface area contributed by atoms with E-state index in [1.165, 1.54) is 0 Å². The fourth-order valence-corrected chi connectivity index (χ4v) is 3.06. The van der Waals surface area contributed by atoms with Gasteiger partial charge in [0, 0.05) is 16.2 Å². The maximum atomic E-state index is 12.4. The highest BCUT2D eigenvalue weighted by molar-refractivity contribution is 9.10. The molecule has 0 aliphatic carbocycles. The van der Waals surface area contributed by atoms with Gasteiger partial charge in [0.25, 0.3) is 5.91 Å². The smallest absolute Gasteiger partial charge is 0.265 e. The van der Waals surface area contributed by atoms with E-state index in [2.05, 4.69) is 27.8 Å². The Morgan fingerprint density at radius 3 is 2.60 bits per heavy atom. The molecule has 0 saturated carbocycles. The lowest BCUT2D eigenvalue weighted by Crippen LogP contribution is -2.30. The Labute approximate surface area is 157 Å². The van der Waals surface area contributed by atoms with E-state index >= 15 is 0 Å². The molecule has 0 heterocycles. The molecule has 0 spiro atoms. The van der Waals surface area contributed by atoms with Crippen molar-refractivity contribution >= 4 is 27.5 Å². The third-order valence-corrected chi connectivity index (χ3v) is 4.02. The van der Waals surface area contributed by atoms with Crippen molar-refractivity contribution in [1.82, 2.24) is 0 Å². The molecule has 0 aliphatic heterocycles. The average molecular weight is 404 g/mol. The Hall–Kier alpha value is -2.27. The van der Waals surface area contributed by atoms with Gasteiger partial charge >= 0.3 is 0 Å². The Bertz CT molecular complexity index is 750. The van der Waals surface area contributed by atoms with Crippen LogP contribution in [0.4, 0.5) is 5.69 Å². The molecule has 4 nitrogen and oxygen atoms in total. The van der Waals surface area contributed by atoms with Gasteiger partial charge < -0.3 is 14.8 Å². The minimum atomic E-state index is -0.628. The van der Waals surface area contributed by atoms with Crippen LogP contribution in [0.1, 0.15) is 18.1 Å². The van der Waals surface area contributed by atoms with Crippen LogP contribution in [0.5, 0.6) is 11.5 Å². The van der Waals surface area contributed by atoms with Crippen molar-refractivity contribution in [2.24, 2.45) is 0 Å². The summed E-state index contributed by atoms with van der Waals surface area (Å²) in [5.41, 5.74) is 2.61. The fraction of sp³-hybridized carbons (Fsp3) is 0.250. The van der Waals surface area contributed by atoms with Crippen molar-refractivity contribution in [3.63, 3.8) is 0 Å². The zero-order chi connectivity index (χ0) is 18.4. The van der Waals surface area contributed by atoms with Gasteiger partial charge in [-0.05, 0) is 56.2 Å². The quantitative estimate of drug-likeness (QED) is 0.658. The first-order valence-corrected chi connectivity index (χ1v) is 8.78. The maximum Gasteiger partial charge on any atom is 0.265 e. The molecule has 1 amide bonds. The summed E-state index contributed by atoms with van der Waals surface area (Å²) < 4.78 is 12.3. The first-order chi connectivity index (χ1) is 11.9. The monoisotopic (exact) mass is 403 g/mol. The molecular formula is C20H22BrNO3. The average Bonchev–Trinajstić information content (AvgIpc) is 2.56. The number of hydrogen-bond donors (Lipinski definition) is 1. The van der Waals surface area contributed by atoms with E-state index < -0.39 is 6.10 Å². The first-order valence-electron chi connectivity index (χ1n) is 7.98. The second kappa shape index (κ2) is 8.72. The number of amides is 1. The summed E-state index contributed by atoms with van der Waals surface area (Å²) in [7, 11) is 0. The summed E-state index contributed by atoms with van der Waals surface area (Å²) in [6, 6.07) is 11.2. The maximum absolute atomic E-state index is 12.4. The van der Waals surface area contributed by atoms with Gasteiger partial charge in [-0.25, -0.2) is 0 Å². The number of aryl methyl sites for hydroxylation is 2. The summed E-state index contributed by atoms with van der Waals surface area (Å²) in [6.07, 6.45) is 1.04. The van der Waals surface area contributed by atoms with Crippen LogP contribution in [-0.2, 0) is 4.79 Å². The van der Waals surface area contributed by atoms with Gasteiger partial charge in [-0.15, -0.1) is 0 Å². The third-order valence-electron chi connectivity index (χ3n) is 3.56. The molecule has 2 rings (SSSR count). The van der Waals surface area contributed by atoms with Gasteiger partial charge in [-0.2, -0.15) is 0 Å². The van der Waals surface area contributed by atoms with Gasteiger partial charge in [-0.3, -0.25) is 4.79 Å². The number of halogens is 1. The molecule has 0 bridgehead atoms. The van der Waals surface area contributed by atoms with Crippen LogP contribution in [-0.4, -0.2) is 18.6 Å². The highest BCUT2D eigenvalue weighted by Gasteiger charge is 2.17. The van der Waals surface area contributed by atoms with Gasteiger partial charge in [-0.1, -0.05) is 34.7 Å². The van der Waals surface area contributed by atoms with Gasteiger partial charge in [0.15, 0.2) is 6.10 Å². The largest absolute Gasteiger partial charge is 0.489 e. The van der Waals surface area contributed by atoms with Gasteiger partial charge in [0.1, 0.15) is 18.1 Å². The Balaban J connectivity index is 2.05. The Kier molecular flexibility index (Phi) is 6.65. The number of ether oxygens (including phenoxy) is 2. The lowest BCUT2D eigenvalue weighted by atomic mass is 10.1. The van der Waals surface area contributed by atoms with Crippen molar-refractivity contribution in [1.29, 1.82) is 0 Å². The molecule has 25 heavy (non-hydrogen) atoms. The molecule has 1 N–H and O–H groups in total. The van der Waals surface area contributed by atoms with Crippen molar-refractivity contribution in [3.8, 4) is 11.5 Å². The number of hydrogen-bond acceptors (Lipinski definition) is 3. The lowest BCUT2D eigenvalue weighted by Gasteiger charge is -2.18. The van der Waals surface area contributed by atoms with Gasteiger partial charge in [0.2, 0.25) is 0 Å². The van der Waals surface area contributed by atoms with Crippen LogP contribution >= 0.6 is 15.9 Å². The zero-order valence-corrected chi connectivity index (χ0v) is 16.2. The summed E-state index contributed by atoms with van der Waals surface area (Å²) in [5, 5.41) is 2.85. The molecule has 1 atom stereocenters. The Morgan fingerprint density at radius 1 is 1.28 bits per heavy atom. The highest BCUT2D eigenvalue weighted by atomic mass is 79.9. The minimum absolute atomic E-state index is 0.220. The van der Waals surface area contributed by atoms with Crippen molar-refractivity contribution in [3.05, 3.63) is 64.7 Å². The van der Waals surface area contributed by atoms with Crippen molar-refractivity contribution in [2.45, 2.75) is 26.9 Å². The van der Waals surface area contributed by atoms with E-state index in [4.69, 9.17) is 9.47 Å². The molecule has 132 valence electrons. The lowest BCUT2D eigenvalue weighted by molar-refractivity contribution is -0.122. The predicted molar refractivity (Wildman–Crippen MR) is 104 cm³/mol. The van der Waals surface area contributed by atoms with E-state index in [0.717, 1.165) is 21.3 Å². The van der Waals surface area contributed by atoms with Crippen LogP contribution in [0, 0.1) is 13.8 Å². The van der Waals surface area contributed by atoms with E-state index in [1.807, 2.05) is 44.2 Å². The third kappa shape index (κ3) is 5.36. The fourth-order valence-electron chi connectivity index (χ4n) is 2.38. The normalized spacial score (nSPS) is 11.5. The molecular weight excluding hydrogens is 382 g/mol. The zero-order valence-electron chi connectivity index (χ0n) is 14.6. The number of benzene rings is 2. The molecule has 0 fully saturated rings. The molecule has 0 radical (unpaired) electrons. The van der Waals surface area contributed by atoms with Crippen LogP contribution in [0.2, 0.25) is 0 Å². The van der Waals surface area contributed by atoms with Crippen LogP contribution < -0.4 is 14.8 Å². The van der Waals surface area contributed by atoms with E-state index in [9.17, 15) is 4.79 Å². The molecule has 1 unspecified atom stereocenters. The van der Waals surface area contributed by atoms with Gasteiger partial charge in [0.05, 0.1) is 0 Å². The Morgan fingerprint density at radius 2 is 1.96 bits per heavy atom. The first kappa shape index (κ1) is 19.1. The van der Waals surface area contributed by atoms with E-state index in [-0.39, 0.29) is 5.91 Å². The van der Waals surface area contributed by atoms with Crippen LogP contribution in [0.3, 0.4) is 0 Å². The molecule has 0 aromatic heterocycles. The van der Waals surface area contributed by atoms with E-state index in [1.54, 1.807) is 19.1 Å². The summed E-state index contributed by atoms with van der Waals surface area (Å²) in [6.45, 7) is 9.67. The summed E-state index contributed by atoms with van der Waals surface area (Å²) in [5.74, 6) is 1.18. The number of carbonyl (C=O) groups is 1. The summed E-state index contributed by atoms with van der Waals surface area (Å²) >= 11 is 3.46. The van der Waals surface area contributed by atoms with Crippen LogP contribution in [0.15, 0.2) is 53.5 Å². The number of nitrogens with one attached hydrogen (secondary N) is 1. The number of anilines is 1.